The molecule has 0 bridgehead atoms. The zero-order chi connectivity index (χ0) is 32.1. The van der Waals surface area contributed by atoms with Gasteiger partial charge in [0, 0.05) is 21.6 Å². The van der Waals surface area contributed by atoms with Crippen molar-refractivity contribution in [1.82, 2.24) is 20.8 Å². The number of H-pyrrole nitrogens is 1. The van der Waals surface area contributed by atoms with Gasteiger partial charge in [-0.15, -0.1) is 5.48 Å². The molecule has 0 aliphatic carbocycles. The van der Waals surface area contributed by atoms with Crippen LogP contribution in [0.4, 0.5) is 0 Å². The quantitative estimate of drug-likeness (QED) is 0.0995. The summed E-state index contributed by atoms with van der Waals surface area (Å²) in [5.74, 6) is -1.74. The van der Waals surface area contributed by atoms with E-state index in [1.165, 1.54) is 19.2 Å². The molecule has 0 radical (unpaired) electrons. The number of nitrogens with zero attached hydrogens (tertiary/aromatic N) is 1. The van der Waals surface area contributed by atoms with Gasteiger partial charge in [0.15, 0.2) is 11.5 Å². The molecule has 3 aromatic carbocycles. The number of fused-ring (bicyclic) bond motifs is 1. The van der Waals surface area contributed by atoms with E-state index < -0.39 is 29.9 Å². The third kappa shape index (κ3) is 7.08. The Bertz CT molecular complexity index is 1820. The van der Waals surface area contributed by atoms with Crippen molar-refractivity contribution in [3.05, 3.63) is 106 Å². The van der Waals surface area contributed by atoms with Crippen molar-refractivity contribution in [2.75, 3.05) is 7.11 Å². The number of carbonyl (C=O) groups excluding carboxylic acids is 3. The SMILES string of the molecule is COC(=O)c1nc([C@@H](NC(=O)[C@H](Cc2ccc(O)cc2)NOC(=O)c2ccccc2)C(C)C)oc1-c1c[nH]c2c(Br)cccc12. The van der Waals surface area contributed by atoms with E-state index in [4.69, 9.17) is 14.0 Å². The third-order valence-electron chi connectivity index (χ3n) is 7.16. The van der Waals surface area contributed by atoms with Crippen LogP contribution in [0.1, 0.15) is 52.2 Å². The molecule has 0 unspecified atom stereocenters. The van der Waals surface area contributed by atoms with E-state index >= 15 is 0 Å². The molecule has 0 spiro atoms. The maximum atomic E-state index is 13.8. The number of hydrogen-bond donors (Lipinski definition) is 4. The van der Waals surface area contributed by atoms with Crippen LogP contribution in [0.2, 0.25) is 0 Å². The van der Waals surface area contributed by atoms with E-state index in [0.29, 0.717) is 16.7 Å². The number of phenolic OH excluding ortho intramolecular Hbond substituents is 1. The second-order valence-corrected chi connectivity index (χ2v) is 11.5. The van der Waals surface area contributed by atoms with Crippen LogP contribution in [-0.2, 0) is 20.8 Å². The van der Waals surface area contributed by atoms with Crippen molar-refractivity contribution < 1.29 is 33.5 Å². The topological polar surface area (TPSA) is 156 Å². The number of oxazole rings is 1. The number of halogens is 1. The average molecular weight is 676 g/mol. The molecule has 2 atom stereocenters. The highest BCUT2D eigenvalue weighted by molar-refractivity contribution is 9.10. The predicted octanol–water partition coefficient (Wildman–Crippen LogP) is 5.86. The number of amides is 1. The number of methoxy groups -OCH3 is 1. The van der Waals surface area contributed by atoms with Gasteiger partial charge >= 0.3 is 11.9 Å². The molecule has 0 aliphatic rings. The fourth-order valence-electron chi connectivity index (χ4n) is 4.77. The maximum Gasteiger partial charge on any atom is 0.360 e. The number of carbonyl (C=O) groups is 3. The molecule has 232 valence electrons. The van der Waals surface area contributed by atoms with Gasteiger partial charge in [-0.2, -0.15) is 0 Å². The summed E-state index contributed by atoms with van der Waals surface area (Å²) in [5, 5.41) is 13.5. The minimum atomic E-state index is -1.04. The molecule has 5 rings (SSSR count). The lowest BCUT2D eigenvalue weighted by Gasteiger charge is -2.23. The number of benzene rings is 3. The molecule has 4 N–H and O–H groups in total. The largest absolute Gasteiger partial charge is 0.508 e. The predicted molar refractivity (Wildman–Crippen MR) is 169 cm³/mol. The molecule has 0 saturated carbocycles. The molecule has 0 fully saturated rings. The van der Waals surface area contributed by atoms with Gasteiger partial charge in [0.2, 0.25) is 11.8 Å². The lowest BCUT2D eigenvalue weighted by atomic mass is 10.0. The highest BCUT2D eigenvalue weighted by Gasteiger charge is 2.32. The Morgan fingerprint density at radius 1 is 1.00 bits per heavy atom. The van der Waals surface area contributed by atoms with Crippen molar-refractivity contribution in [3.63, 3.8) is 0 Å². The summed E-state index contributed by atoms with van der Waals surface area (Å²) < 4.78 is 12.1. The molecular weight excluding hydrogens is 644 g/mol. The smallest absolute Gasteiger partial charge is 0.360 e. The third-order valence-corrected chi connectivity index (χ3v) is 7.82. The Morgan fingerprint density at radius 3 is 2.42 bits per heavy atom. The molecule has 45 heavy (non-hydrogen) atoms. The fraction of sp³-hybridized carbons (Fsp3) is 0.212. The van der Waals surface area contributed by atoms with E-state index in [0.717, 1.165) is 15.4 Å². The Morgan fingerprint density at radius 2 is 1.73 bits per heavy atom. The Kier molecular flexibility index (Phi) is 9.65. The first-order chi connectivity index (χ1) is 21.7. The van der Waals surface area contributed by atoms with Crippen LogP contribution in [0.3, 0.4) is 0 Å². The number of esters is 1. The van der Waals surface area contributed by atoms with Gasteiger partial charge in [-0.1, -0.05) is 56.3 Å². The Hall–Kier alpha value is -4.94. The van der Waals surface area contributed by atoms with Gasteiger partial charge in [-0.25, -0.2) is 14.6 Å². The number of ether oxygens (including phenoxy) is 1. The number of aromatic nitrogens is 2. The normalized spacial score (nSPS) is 12.6. The van der Waals surface area contributed by atoms with Crippen molar-refractivity contribution >= 4 is 44.7 Å². The first kappa shape index (κ1) is 31.5. The molecule has 11 nitrogen and oxygen atoms in total. The summed E-state index contributed by atoms with van der Waals surface area (Å²) >= 11 is 3.53. The zero-order valence-electron chi connectivity index (χ0n) is 24.7. The van der Waals surface area contributed by atoms with Crippen LogP contribution >= 0.6 is 15.9 Å². The summed E-state index contributed by atoms with van der Waals surface area (Å²) in [6, 6.07) is 18.5. The lowest BCUT2D eigenvalue weighted by Crippen LogP contribution is -2.48. The molecule has 1 amide bonds. The second kappa shape index (κ2) is 13.8. The van der Waals surface area contributed by atoms with E-state index in [1.807, 2.05) is 32.0 Å². The number of rotatable bonds is 11. The van der Waals surface area contributed by atoms with Crippen LogP contribution in [0.5, 0.6) is 5.75 Å². The van der Waals surface area contributed by atoms with Crippen LogP contribution < -0.4 is 10.8 Å². The molecule has 0 aliphatic heterocycles. The summed E-state index contributed by atoms with van der Waals surface area (Å²) in [6.07, 6.45) is 1.83. The zero-order valence-corrected chi connectivity index (χ0v) is 26.3. The number of aromatic hydroxyl groups is 1. The van der Waals surface area contributed by atoms with Gasteiger partial charge in [0.1, 0.15) is 17.8 Å². The second-order valence-electron chi connectivity index (χ2n) is 10.6. The number of phenols is 1. The number of hydroxylamine groups is 1. The number of nitrogens with one attached hydrogen (secondary N) is 3. The maximum absolute atomic E-state index is 13.8. The van der Waals surface area contributed by atoms with Crippen LogP contribution in [0.25, 0.3) is 22.2 Å². The minimum Gasteiger partial charge on any atom is -0.508 e. The van der Waals surface area contributed by atoms with Crippen molar-refractivity contribution in [2.45, 2.75) is 32.4 Å². The van der Waals surface area contributed by atoms with Gasteiger partial charge < -0.3 is 29.4 Å². The Balaban J connectivity index is 1.45. The molecule has 2 heterocycles. The van der Waals surface area contributed by atoms with E-state index in [9.17, 15) is 19.5 Å². The molecule has 12 heteroatoms. The fourth-order valence-corrected chi connectivity index (χ4v) is 5.25. The van der Waals surface area contributed by atoms with E-state index in [1.54, 1.807) is 48.7 Å². The minimum absolute atomic E-state index is 0.0381. The van der Waals surface area contributed by atoms with E-state index in [2.05, 4.69) is 36.7 Å². The summed E-state index contributed by atoms with van der Waals surface area (Å²) in [6.45, 7) is 3.74. The summed E-state index contributed by atoms with van der Waals surface area (Å²) in [4.78, 5) is 52.3. The van der Waals surface area contributed by atoms with E-state index in [-0.39, 0.29) is 35.4 Å². The standard InChI is InChI=1S/C33H31BrN4O7/c1-18(2)26(31-37-28(33(42)43-3)29(44-31)23-17-35-27-22(23)10-7-11-24(27)34)36-30(40)25(16-19-12-14-21(39)15-13-19)38-45-32(41)20-8-5-4-6-9-20/h4-15,17-18,25-26,35,38-39H,16H2,1-3H3,(H,36,40)/t25-,26-/m0/s1. The van der Waals surface area contributed by atoms with Gasteiger partial charge in [-0.3, -0.25) is 4.79 Å². The van der Waals surface area contributed by atoms with Gasteiger partial charge in [-0.05, 0) is 64.2 Å². The van der Waals surface area contributed by atoms with Crippen LogP contribution in [-0.4, -0.2) is 46.1 Å². The summed E-state index contributed by atoms with van der Waals surface area (Å²) in [7, 11) is 1.25. The monoisotopic (exact) mass is 674 g/mol. The van der Waals surface area contributed by atoms with Crippen molar-refractivity contribution in [3.8, 4) is 17.1 Å². The van der Waals surface area contributed by atoms with Gasteiger partial charge in [0.05, 0.1) is 18.2 Å². The average Bonchev–Trinajstić information content (AvgIpc) is 3.68. The number of para-hydroxylation sites is 1. The molecule has 0 saturated heterocycles. The summed E-state index contributed by atoms with van der Waals surface area (Å²) in [5.41, 5.74) is 4.99. The molecule has 2 aromatic heterocycles. The number of aromatic amines is 1. The molecule has 5 aromatic rings. The first-order valence-corrected chi connectivity index (χ1v) is 14.9. The lowest BCUT2D eigenvalue weighted by molar-refractivity contribution is -0.127. The highest BCUT2D eigenvalue weighted by Crippen LogP contribution is 2.36. The highest BCUT2D eigenvalue weighted by atomic mass is 79.9. The van der Waals surface area contributed by atoms with Crippen molar-refractivity contribution in [2.24, 2.45) is 5.92 Å². The van der Waals surface area contributed by atoms with Crippen LogP contribution in [0.15, 0.2) is 87.9 Å². The molecular formula is C33H31BrN4O7. The number of hydrogen-bond acceptors (Lipinski definition) is 9. The van der Waals surface area contributed by atoms with Crippen LogP contribution in [0, 0.1) is 5.92 Å². The van der Waals surface area contributed by atoms with Gasteiger partial charge in [0.25, 0.3) is 0 Å². The first-order valence-electron chi connectivity index (χ1n) is 14.1. The Labute approximate surface area is 267 Å². The van der Waals surface area contributed by atoms with Crippen molar-refractivity contribution in [1.29, 1.82) is 0 Å².